The molecule has 1 rings (SSSR count). The Morgan fingerprint density at radius 3 is 2.07 bits per heavy atom. The van der Waals surface area contributed by atoms with Crippen molar-refractivity contribution in [3.63, 3.8) is 0 Å². The van der Waals surface area contributed by atoms with Gasteiger partial charge in [-0.15, -0.1) is 0 Å². The van der Waals surface area contributed by atoms with Crippen LogP contribution in [0, 0.1) is 0 Å². The minimum absolute atomic E-state index is 0.332. The molecule has 0 spiro atoms. The third-order valence-electron chi connectivity index (χ3n) is 1.80. The zero-order valence-electron chi connectivity index (χ0n) is 8.38. The minimum atomic E-state index is -4.21. The SMILES string of the molecule is CC(C)N(c1ccc(Br)cc1)S(=O)(=O)O. The summed E-state index contributed by atoms with van der Waals surface area (Å²) >= 11 is 3.25. The van der Waals surface area contributed by atoms with Crippen LogP contribution in [0.3, 0.4) is 0 Å². The molecule has 0 saturated heterocycles. The van der Waals surface area contributed by atoms with Crippen LogP contribution in [0.2, 0.25) is 0 Å². The number of benzene rings is 1. The fourth-order valence-electron chi connectivity index (χ4n) is 1.29. The summed E-state index contributed by atoms with van der Waals surface area (Å²) in [5.74, 6) is 0. The summed E-state index contributed by atoms with van der Waals surface area (Å²) in [6, 6.07) is 6.35. The van der Waals surface area contributed by atoms with Crippen LogP contribution >= 0.6 is 15.9 Å². The zero-order chi connectivity index (χ0) is 11.6. The maximum Gasteiger partial charge on any atom is 0.360 e. The maximum absolute atomic E-state index is 11.1. The quantitative estimate of drug-likeness (QED) is 0.871. The van der Waals surface area contributed by atoms with Gasteiger partial charge in [0.25, 0.3) is 0 Å². The Bertz CT molecular complexity index is 427. The summed E-state index contributed by atoms with van der Waals surface area (Å²) in [5.41, 5.74) is 0.440. The third kappa shape index (κ3) is 3.19. The number of anilines is 1. The average Bonchev–Trinajstić information content (AvgIpc) is 2.05. The molecule has 0 radical (unpaired) electrons. The van der Waals surface area contributed by atoms with E-state index in [1.54, 1.807) is 38.1 Å². The first-order valence-corrected chi connectivity index (χ1v) is 6.54. The molecule has 1 aromatic rings. The molecule has 0 aliphatic rings. The van der Waals surface area contributed by atoms with E-state index in [4.69, 9.17) is 4.55 Å². The lowest BCUT2D eigenvalue weighted by molar-refractivity contribution is 0.473. The molecule has 0 saturated carbocycles. The molecule has 84 valence electrons. The number of nitrogens with zero attached hydrogens (tertiary/aromatic N) is 1. The van der Waals surface area contributed by atoms with E-state index in [1.807, 2.05) is 0 Å². The molecule has 6 heteroatoms. The predicted molar refractivity (Wildman–Crippen MR) is 63.3 cm³/mol. The molecule has 4 nitrogen and oxygen atoms in total. The lowest BCUT2D eigenvalue weighted by atomic mass is 10.3. The largest absolute Gasteiger partial charge is 0.360 e. The summed E-state index contributed by atoms with van der Waals surface area (Å²) in [4.78, 5) is 0. The number of hydrogen-bond acceptors (Lipinski definition) is 2. The first kappa shape index (κ1) is 12.5. The van der Waals surface area contributed by atoms with Crippen molar-refractivity contribution in [3.05, 3.63) is 28.7 Å². The highest BCUT2D eigenvalue weighted by Gasteiger charge is 2.22. The van der Waals surface area contributed by atoms with Crippen molar-refractivity contribution in [2.75, 3.05) is 4.31 Å². The Hall–Kier alpha value is -0.590. The van der Waals surface area contributed by atoms with Gasteiger partial charge in [-0.25, -0.2) is 4.31 Å². The highest BCUT2D eigenvalue weighted by atomic mass is 79.9. The fraction of sp³-hybridized carbons (Fsp3) is 0.333. The van der Waals surface area contributed by atoms with Crippen LogP contribution in [0.25, 0.3) is 0 Å². The standard InChI is InChI=1S/C9H12BrNO3S/c1-7(2)11(15(12,13)14)9-5-3-8(10)4-6-9/h3-7H,1-2H3,(H,12,13,14). The van der Waals surface area contributed by atoms with Crippen molar-refractivity contribution >= 4 is 31.9 Å². The van der Waals surface area contributed by atoms with Gasteiger partial charge in [0.15, 0.2) is 0 Å². The minimum Gasteiger partial charge on any atom is -0.269 e. The van der Waals surface area contributed by atoms with Gasteiger partial charge < -0.3 is 0 Å². The Balaban J connectivity index is 3.17. The van der Waals surface area contributed by atoms with Crippen molar-refractivity contribution in [2.45, 2.75) is 19.9 Å². The third-order valence-corrected chi connectivity index (χ3v) is 3.46. The van der Waals surface area contributed by atoms with Crippen molar-refractivity contribution in [1.82, 2.24) is 0 Å². The van der Waals surface area contributed by atoms with E-state index in [0.717, 1.165) is 8.78 Å². The lowest BCUT2D eigenvalue weighted by Gasteiger charge is -2.24. The summed E-state index contributed by atoms with van der Waals surface area (Å²) < 4.78 is 33.1. The zero-order valence-corrected chi connectivity index (χ0v) is 10.8. The van der Waals surface area contributed by atoms with Crippen molar-refractivity contribution < 1.29 is 13.0 Å². The molecular formula is C9H12BrNO3S. The fourth-order valence-corrected chi connectivity index (χ4v) is 2.47. The van der Waals surface area contributed by atoms with Gasteiger partial charge in [-0.05, 0) is 38.1 Å². The second-order valence-corrected chi connectivity index (χ2v) is 5.55. The molecule has 1 aromatic carbocycles. The van der Waals surface area contributed by atoms with E-state index in [0.29, 0.717) is 5.69 Å². The molecule has 1 N–H and O–H groups in total. The molecule has 0 fully saturated rings. The van der Waals surface area contributed by atoms with Gasteiger partial charge in [0, 0.05) is 10.5 Å². The maximum atomic E-state index is 11.1. The normalized spacial score (nSPS) is 11.8. The van der Waals surface area contributed by atoms with Crippen LogP contribution in [0.15, 0.2) is 28.7 Å². The summed E-state index contributed by atoms with van der Waals surface area (Å²) in [6.45, 7) is 3.38. The van der Waals surface area contributed by atoms with Gasteiger partial charge in [-0.3, -0.25) is 4.55 Å². The van der Waals surface area contributed by atoms with Gasteiger partial charge in [0.1, 0.15) is 0 Å². The van der Waals surface area contributed by atoms with Crippen LogP contribution in [0.4, 0.5) is 5.69 Å². The number of halogens is 1. The van der Waals surface area contributed by atoms with Gasteiger partial charge in [-0.2, -0.15) is 8.42 Å². The number of rotatable bonds is 3. The van der Waals surface area contributed by atoms with E-state index in [1.165, 1.54) is 0 Å². The van der Waals surface area contributed by atoms with Crippen molar-refractivity contribution in [3.8, 4) is 0 Å². The van der Waals surface area contributed by atoms with E-state index in [9.17, 15) is 8.42 Å². The van der Waals surface area contributed by atoms with E-state index in [2.05, 4.69) is 15.9 Å². The van der Waals surface area contributed by atoms with Gasteiger partial charge in [0.05, 0.1) is 5.69 Å². The monoisotopic (exact) mass is 293 g/mol. The molecule has 0 unspecified atom stereocenters. The summed E-state index contributed by atoms with van der Waals surface area (Å²) in [7, 11) is -4.21. The molecule has 0 bridgehead atoms. The van der Waals surface area contributed by atoms with E-state index < -0.39 is 10.3 Å². The van der Waals surface area contributed by atoms with Crippen LogP contribution in [0.5, 0.6) is 0 Å². The average molecular weight is 294 g/mol. The molecule has 0 amide bonds. The molecular weight excluding hydrogens is 282 g/mol. The number of hydrogen-bond donors (Lipinski definition) is 1. The highest BCUT2D eigenvalue weighted by Crippen LogP contribution is 2.22. The van der Waals surface area contributed by atoms with Crippen LogP contribution in [-0.2, 0) is 10.3 Å². The molecule has 0 heterocycles. The Morgan fingerprint density at radius 2 is 1.73 bits per heavy atom. The highest BCUT2D eigenvalue weighted by molar-refractivity contribution is 9.10. The van der Waals surface area contributed by atoms with Crippen LogP contribution in [-0.4, -0.2) is 19.0 Å². The second kappa shape index (κ2) is 4.51. The van der Waals surface area contributed by atoms with E-state index in [-0.39, 0.29) is 6.04 Å². The Labute approximate surface area is 97.9 Å². The lowest BCUT2D eigenvalue weighted by Crippen LogP contribution is -2.36. The van der Waals surface area contributed by atoms with Gasteiger partial charge in [-0.1, -0.05) is 15.9 Å². The molecule has 0 aromatic heterocycles. The van der Waals surface area contributed by atoms with Gasteiger partial charge >= 0.3 is 10.3 Å². The molecule has 0 aliphatic heterocycles. The predicted octanol–water partition coefficient (Wildman–Crippen LogP) is 2.47. The smallest absolute Gasteiger partial charge is 0.269 e. The molecule has 0 atom stereocenters. The van der Waals surface area contributed by atoms with Crippen LogP contribution in [0.1, 0.15) is 13.8 Å². The Morgan fingerprint density at radius 1 is 1.27 bits per heavy atom. The van der Waals surface area contributed by atoms with Crippen molar-refractivity contribution in [1.29, 1.82) is 0 Å². The van der Waals surface area contributed by atoms with Gasteiger partial charge in [0.2, 0.25) is 0 Å². The Kier molecular flexibility index (Phi) is 3.75. The summed E-state index contributed by atoms with van der Waals surface area (Å²) in [6.07, 6.45) is 0. The van der Waals surface area contributed by atoms with Crippen LogP contribution < -0.4 is 4.31 Å². The van der Waals surface area contributed by atoms with Crippen molar-refractivity contribution in [2.24, 2.45) is 0 Å². The first-order valence-electron chi connectivity index (χ1n) is 4.35. The summed E-state index contributed by atoms with van der Waals surface area (Å²) in [5, 5.41) is 0. The molecule has 0 aliphatic carbocycles. The topological polar surface area (TPSA) is 57.6 Å². The second-order valence-electron chi connectivity index (χ2n) is 3.34. The first-order chi connectivity index (χ1) is 6.82. The van der Waals surface area contributed by atoms with E-state index >= 15 is 0 Å². The molecule has 15 heavy (non-hydrogen) atoms.